The lowest BCUT2D eigenvalue weighted by atomic mass is 10.1. The zero-order valence-corrected chi connectivity index (χ0v) is 25.9. The van der Waals surface area contributed by atoms with Crippen molar-refractivity contribution >= 4 is 44.9 Å². The third-order valence-corrected chi connectivity index (χ3v) is 8.37. The average Bonchev–Trinajstić information content (AvgIpc) is 3.62. The molecule has 0 atom stereocenters. The van der Waals surface area contributed by atoms with E-state index in [0.29, 0.717) is 22.4 Å². The van der Waals surface area contributed by atoms with Crippen LogP contribution in [0.4, 0.5) is 19.4 Å². The first-order valence-electron chi connectivity index (χ1n) is 12.7. The summed E-state index contributed by atoms with van der Waals surface area (Å²) in [5, 5.41) is 5.20. The van der Waals surface area contributed by atoms with E-state index in [1.165, 1.54) is 35.4 Å². The Labute approximate surface area is 259 Å². The topological polar surface area (TPSA) is 129 Å². The molecule has 0 bridgehead atoms. The molecule has 0 N–H and O–H groups in total. The van der Waals surface area contributed by atoms with Crippen LogP contribution in [0.2, 0.25) is 5.02 Å². The van der Waals surface area contributed by atoms with Gasteiger partial charge in [0, 0.05) is 47.6 Å². The molecule has 228 valence electrons. The summed E-state index contributed by atoms with van der Waals surface area (Å²) in [4.78, 5) is 24.0. The number of aryl methyl sites for hydroxylation is 1. The Kier molecular flexibility index (Phi) is 8.38. The molecule has 0 aliphatic carbocycles. The molecule has 0 saturated heterocycles. The van der Waals surface area contributed by atoms with E-state index >= 15 is 4.39 Å². The standard InChI is InChI=1S/C28H23ClF2N6O5S2/c1-28(2,3)42-27(38)37(26-14-43-15-34-26)44(39,40)24-8-19(29)22(9-20(24)30)41-23-12-32-21(16-5-6-25(31)33-10-16)7-18(23)17-11-35-36(4)13-17/h5-15H,1-4H3. The molecule has 16 heteroatoms. The number of pyridine rings is 2. The van der Waals surface area contributed by atoms with Crippen molar-refractivity contribution in [1.82, 2.24) is 24.7 Å². The predicted octanol–water partition coefficient (Wildman–Crippen LogP) is 6.85. The first-order chi connectivity index (χ1) is 20.7. The van der Waals surface area contributed by atoms with Gasteiger partial charge in [0.1, 0.15) is 22.1 Å². The molecule has 5 rings (SSSR count). The molecule has 5 aromatic rings. The first-order valence-corrected chi connectivity index (χ1v) is 15.4. The fourth-order valence-electron chi connectivity index (χ4n) is 3.92. The van der Waals surface area contributed by atoms with Gasteiger partial charge in [-0.15, -0.1) is 15.6 Å². The molecular weight excluding hydrogens is 638 g/mol. The minimum absolute atomic E-state index is 0.131. The van der Waals surface area contributed by atoms with Crippen LogP contribution < -0.4 is 9.04 Å². The molecule has 1 aromatic carbocycles. The second kappa shape index (κ2) is 11.9. The number of thiazole rings is 1. The molecule has 4 aromatic heterocycles. The van der Waals surface area contributed by atoms with Crippen molar-refractivity contribution in [3.05, 3.63) is 82.8 Å². The number of aromatic nitrogens is 5. The van der Waals surface area contributed by atoms with Gasteiger partial charge in [-0.1, -0.05) is 11.6 Å². The van der Waals surface area contributed by atoms with E-state index in [-0.39, 0.29) is 26.6 Å². The first kappa shape index (κ1) is 31.0. The highest BCUT2D eigenvalue weighted by atomic mass is 35.5. The van der Waals surface area contributed by atoms with Crippen molar-refractivity contribution in [1.29, 1.82) is 0 Å². The van der Waals surface area contributed by atoms with Gasteiger partial charge in [-0.2, -0.15) is 9.49 Å². The number of carbonyl (C=O) groups is 1. The van der Waals surface area contributed by atoms with Crippen molar-refractivity contribution < 1.29 is 31.5 Å². The number of hydrogen-bond donors (Lipinski definition) is 0. The lowest BCUT2D eigenvalue weighted by molar-refractivity contribution is 0.0608. The number of amides is 1. The highest BCUT2D eigenvalue weighted by Crippen LogP contribution is 2.40. The van der Waals surface area contributed by atoms with Crippen LogP contribution in [0.25, 0.3) is 22.4 Å². The molecule has 11 nitrogen and oxygen atoms in total. The zero-order chi connectivity index (χ0) is 31.8. The van der Waals surface area contributed by atoms with Crippen molar-refractivity contribution in [3.63, 3.8) is 0 Å². The van der Waals surface area contributed by atoms with E-state index in [1.807, 2.05) is 0 Å². The van der Waals surface area contributed by atoms with Gasteiger partial charge in [-0.25, -0.2) is 27.6 Å². The van der Waals surface area contributed by atoms with Crippen molar-refractivity contribution in [2.24, 2.45) is 7.05 Å². The lowest BCUT2D eigenvalue weighted by Crippen LogP contribution is -2.41. The number of sulfonamides is 1. The number of ether oxygens (including phenoxy) is 2. The third-order valence-electron chi connectivity index (χ3n) is 5.82. The van der Waals surface area contributed by atoms with Gasteiger partial charge in [-0.3, -0.25) is 9.67 Å². The Hall–Kier alpha value is -4.47. The number of carbonyl (C=O) groups excluding carboxylic acids is 1. The summed E-state index contributed by atoms with van der Waals surface area (Å²) in [6, 6.07) is 5.98. The Morgan fingerprint density at radius 2 is 1.80 bits per heavy atom. The molecular formula is C28H23ClF2N6O5S2. The lowest BCUT2D eigenvalue weighted by Gasteiger charge is -2.26. The zero-order valence-electron chi connectivity index (χ0n) is 23.5. The molecule has 44 heavy (non-hydrogen) atoms. The summed E-state index contributed by atoms with van der Waals surface area (Å²) in [6.45, 7) is 4.66. The molecule has 0 radical (unpaired) electrons. The summed E-state index contributed by atoms with van der Waals surface area (Å²) in [5.74, 6) is -2.28. The Balaban J connectivity index is 1.54. The molecule has 0 aliphatic heterocycles. The number of benzene rings is 1. The van der Waals surface area contributed by atoms with Crippen LogP contribution >= 0.6 is 22.9 Å². The van der Waals surface area contributed by atoms with Gasteiger partial charge >= 0.3 is 6.09 Å². The highest BCUT2D eigenvalue weighted by molar-refractivity contribution is 7.93. The van der Waals surface area contributed by atoms with Crippen LogP contribution in [0, 0.1) is 11.8 Å². The van der Waals surface area contributed by atoms with Gasteiger partial charge in [0.15, 0.2) is 11.6 Å². The van der Waals surface area contributed by atoms with Gasteiger partial charge in [0.2, 0.25) is 5.95 Å². The van der Waals surface area contributed by atoms with Crippen LogP contribution in [0.5, 0.6) is 11.5 Å². The largest absolute Gasteiger partial charge is 0.453 e. The summed E-state index contributed by atoms with van der Waals surface area (Å²) < 4.78 is 69.3. The van der Waals surface area contributed by atoms with Crippen molar-refractivity contribution in [3.8, 4) is 33.9 Å². The highest BCUT2D eigenvalue weighted by Gasteiger charge is 2.38. The second-order valence-electron chi connectivity index (χ2n) is 10.2. The maximum absolute atomic E-state index is 15.6. The smallest absolute Gasteiger partial charge is 0.430 e. The number of halogens is 3. The normalized spacial score (nSPS) is 11.8. The van der Waals surface area contributed by atoms with Crippen LogP contribution in [0.3, 0.4) is 0 Å². The van der Waals surface area contributed by atoms with Crippen molar-refractivity contribution in [2.45, 2.75) is 31.3 Å². The molecule has 0 fully saturated rings. The minimum Gasteiger partial charge on any atom is -0.453 e. The van der Waals surface area contributed by atoms with Crippen LogP contribution in [0.1, 0.15) is 20.8 Å². The number of anilines is 1. The number of hydrogen-bond acceptors (Lipinski definition) is 10. The van der Waals surface area contributed by atoms with E-state index in [9.17, 15) is 17.6 Å². The second-order valence-corrected chi connectivity index (χ2v) is 13.1. The monoisotopic (exact) mass is 660 g/mol. The van der Waals surface area contributed by atoms with E-state index in [2.05, 4.69) is 20.1 Å². The van der Waals surface area contributed by atoms with Crippen molar-refractivity contribution in [2.75, 3.05) is 4.31 Å². The molecule has 0 saturated carbocycles. The fraction of sp³-hybridized carbons (Fsp3) is 0.179. The molecule has 1 amide bonds. The SMILES string of the molecule is Cn1cc(-c2cc(-c3ccc(F)nc3)ncc2Oc2cc(F)c(S(=O)(=O)N(C(=O)OC(C)(C)C)c3cscn3)cc2Cl)cn1. The summed E-state index contributed by atoms with van der Waals surface area (Å²) >= 11 is 7.46. The fourth-order valence-corrected chi connectivity index (χ4v) is 6.12. The molecule has 4 heterocycles. The maximum Gasteiger partial charge on any atom is 0.430 e. The molecule has 0 unspecified atom stereocenters. The van der Waals surface area contributed by atoms with E-state index in [1.54, 1.807) is 51.0 Å². The minimum atomic E-state index is -4.89. The van der Waals surface area contributed by atoms with Gasteiger partial charge in [-0.05, 0) is 45.0 Å². The summed E-state index contributed by atoms with van der Waals surface area (Å²) in [6.07, 6.45) is 4.67. The van der Waals surface area contributed by atoms with Crippen LogP contribution in [-0.4, -0.2) is 44.8 Å². The quantitative estimate of drug-likeness (QED) is 0.172. The Bertz CT molecular complexity index is 1950. The molecule has 0 spiro atoms. The average molecular weight is 661 g/mol. The van der Waals surface area contributed by atoms with Crippen LogP contribution in [-0.2, 0) is 21.8 Å². The maximum atomic E-state index is 15.6. The third kappa shape index (κ3) is 6.54. The van der Waals surface area contributed by atoms with Gasteiger partial charge in [0.05, 0.1) is 28.6 Å². The van der Waals surface area contributed by atoms with E-state index in [4.69, 9.17) is 21.1 Å². The van der Waals surface area contributed by atoms with E-state index in [0.717, 1.165) is 23.5 Å². The number of nitrogens with zero attached hydrogens (tertiary/aromatic N) is 6. The Morgan fingerprint density at radius 3 is 2.41 bits per heavy atom. The predicted molar refractivity (Wildman–Crippen MR) is 159 cm³/mol. The molecule has 0 aliphatic rings. The van der Waals surface area contributed by atoms with Crippen LogP contribution in [0.15, 0.2) is 70.9 Å². The Morgan fingerprint density at radius 1 is 1.02 bits per heavy atom. The summed E-state index contributed by atoms with van der Waals surface area (Å²) in [5.41, 5.74) is 2.29. The summed E-state index contributed by atoms with van der Waals surface area (Å²) in [7, 11) is -3.18. The van der Waals surface area contributed by atoms with Gasteiger partial charge in [0.25, 0.3) is 10.0 Å². The van der Waals surface area contributed by atoms with E-state index < -0.39 is 38.4 Å². The number of rotatable bonds is 7. The van der Waals surface area contributed by atoms with Gasteiger partial charge < -0.3 is 9.47 Å².